The van der Waals surface area contributed by atoms with Crippen molar-refractivity contribution in [1.29, 1.82) is 0 Å². The van der Waals surface area contributed by atoms with Gasteiger partial charge in [-0.1, -0.05) is 23.7 Å². The molecule has 1 saturated heterocycles. The summed E-state index contributed by atoms with van der Waals surface area (Å²) in [5.74, 6) is 0.565. The summed E-state index contributed by atoms with van der Waals surface area (Å²) in [4.78, 5) is 35.3. The Morgan fingerprint density at radius 1 is 1.30 bits per heavy atom. The number of hydrogen-bond acceptors (Lipinski definition) is 4. The maximum absolute atomic E-state index is 12.7. The normalized spacial score (nSPS) is 18.7. The SMILES string of the molecule is CC(C=O)N1CCN(c2cccc(-c3cnc4[nH]cc(C5CC5)c4c3Cl)c2)C(=O)C1. The number of pyridine rings is 1. The maximum atomic E-state index is 12.7. The maximum Gasteiger partial charge on any atom is 0.241 e. The first-order valence-electron chi connectivity index (χ1n) is 10.3. The molecule has 154 valence electrons. The van der Waals surface area contributed by atoms with E-state index in [1.807, 2.05) is 42.3 Å². The predicted octanol–water partition coefficient (Wildman–Crippen LogP) is 4.00. The zero-order valence-corrected chi connectivity index (χ0v) is 17.5. The van der Waals surface area contributed by atoms with Crippen molar-refractivity contribution in [2.75, 3.05) is 24.5 Å². The van der Waals surface area contributed by atoms with Gasteiger partial charge in [0.2, 0.25) is 5.91 Å². The Bertz CT molecular complexity index is 1140. The number of aromatic amines is 1. The number of halogens is 1. The van der Waals surface area contributed by atoms with Gasteiger partial charge in [0.25, 0.3) is 0 Å². The molecule has 1 saturated carbocycles. The standard InChI is InChI=1S/C23H23ClN4O2/c1-14(13-29)27-7-8-28(20(30)12-27)17-4-2-3-16(9-17)19-11-26-23-21(22(19)24)18(10-25-23)15-5-6-15/h2-4,9-11,13-15H,5-8,12H2,1H3,(H,25,26). The summed E-state index contributed by atoms with van der Waals surface area (Å²) >= 11 is 6.85. The van der Waals surface area contributed by atoms with E-state index in [0.29, 0.717) is 24.0 Å². The number of nitrogens with zero attached hydrogens (tertiary/aromatic N) is 3. The zero-order chi connectivity index (χ0) is 20.8. The second-order valence-corrected chi connectivity index (χ2v) is 8.55. The molecule has 1 N–H and O–H groups in total. The van der Waals surface area contributed by atoms with Gasteiger partial charge < -0.3 is 14.7 Å². The number of nitrogens with one attached hydrogen (secondary N) is 1. The van der Waals surface area contributed by atoms with Crippen molar-refractivity contribution < 1.29 is 9.59 Å². The fraction of sp³-hybridized carbons (Fsp3) is 0.348. The van der Waals surface area contributed by atoms with E-state index in [1.165, 1.54) is 18.4 Å². The Hall–Kier alpha value is -2.70. The number of rotatable bonds is 5. The summed E-state index contributed by atoms with van der Waals surface area (Å²) in [5.41, 5.74) is 4.71. The first kappa shape index (κ1) is 19.3. The Morgan fingerprint density at radius 3 is 2.87 bits per heavy atom. The molecule has 1 unspecified atom stereocenters. The van der Waals surface area contributed by atoms with Gasteiger partial charge in [-0.25, -0.2) is 4.98 Å². The van der Waals surface area contributed by atoms with Gasteiger partial charge in [-0.05, 0) is 48.9 Å². The number of anilines is 1. The van der Waals surface area contributed by atoms with Crippen LogP contribution < -0.4 is 4.90 Å². The highest BCUT2D eigenvalue weighted by Gasteiger charge is 2.29. The van der Waals surface area contributed by atoms with Gasteiger partial charge in [0, 0.05) is 42.1 Å². The van der Waals surface area contributed by atoms with E-state index in [0.717, 1.165) is 34.1 Å². The van der Waals surface area contributed by atoms with E-state index >= 15 is 0 Å². The van der Waals surface area contributed by atoms with Crippen LogP contribution in [0.1, 0.15) is 31.2 Å². The van der Waals surface area contributed by atoms with Crippen LogP contribution in [0.3, 0.4) is 0 Å². The monoisotopic (exact) mass is 422 g/mol. The van der Waals surface area contributed by atoms with Crippen LogP contribution in [0, 0.1) is 0 Å². The third-order valence-corrected chi connectivity index (χ3v) is 6.57. The molecule has 30 heavy (non-hydrogen) atoms. The quantitative estimate of drug-likeness (QED) is 0.631. The van der Waals surface area contributed by atoms with Crippen LogP contribution in [0.5, 0.6) is 0 Å². The topological polar surface area (TPSA) is 69.3 Å². The van der Waals surface area contributed by atoms with Gasteiger partial charge in [0.1, 0.15) is 11.9 Å². The Morgan fingerprint density at radius 2 is 2.13 bits per heavy atom. The van der Waals surface area contributed by atoms with Gasteiger partial charge in [-0.15, -0.1) is 0 Å². The number of piperazine rings is 1. The van der Waals surface area contributed by atoms with E-state index in [1.54, 1.807) is 11.1 Å². The van der Waals surface area contributed by atoms with E-state index in [4.69, 9.17) is 11.6 Å². The second kappa shape index (κ2) is 7.52. The average molecular weight is 423 g/mol. The third kappa shape index (κ3) is 3.30. The van der Waals surface area contributed by atoms with E-state index in [-0.39, 0.29) is 18.5 Å². The van der Waals surface area contributed by atoms with E-state index in [9.17, 15) is 9.59 Å². The molecule has 0 bridgehead atoms. The number of carbonyl (C=O) groups excluding carboxylic acids is 2. The van der Waals surface area contributed by atoms with Gasteiger partial charge in [0.15, 0.2) is 0 Å². The summed E-state index contributed by atoms with van der Waals surface area (Å²) in [6.07, 6.45) is 7.09. The molecule has 1 amide bonds. The number of fused-ring (bicyclic) bond motifs is 1. The van der Waals surface area contributed by atoms with E-state index < -0.39 is 0 Å². The average Bonchev–Trinajstić information content (AvgIpc) is 3.52. The molecule has 0 spiro atoms. The van der Waals surface area contributed by atoms with Crippen LogP contribution in [0.2, 0.25) is 5.02 Å². The second-order valence-electron chi connectivity index (χ2n) is 8.17. The first-order chi connectivity index (χ1) is 14.6. The van der Waals surface area contributed by atoms with Crippen LogP contribution in [0.25, 0.3) is 22.2 Å². The minimum absolute atomic E-state index is 0.00608. The lowest BCUT2D eigenvalue weighted by molar-refractivity contribution is -0.123. The molecule has 5 rings (SSSR count). The smallest absolute Gasteiger partial charge is 0.241 e. The van der Waals surface area contributed by atoms with Crippen molar-refractivity contribution >= 4 is 40.5 Å². The van der Waals surface area contributed by atoms with Crippen molar-refractivity contribution in [3.63, 3.8) is 0 Å². The molecule has 1 aromatic carbocycles. The molecule has 3 heterocycles. The summed E-state index contributed by atoms with van der Waals surface area (Å²) in [6.45, 7) is 3.28. The number of H-pyrrole nitrogens is 1. The van der Waals surface area contributed by atoms with Crippen molar-refractivity contribution in [2.24, 2.45) is 0 Å². The highest BCUT2D eigenvalue weighted by atomic mass is 35.5. The summed E-state index contributed by atoms with van der Waals surface area (Å²) in [6, 6.07) is 7.62. The molecule has 0 radical (unpaired) electrons. The molecule has 7 heteroatoms. The minimum atomic E-state index is -0.249. The largest absolute Gasteiger partial charge is 0.346 e. The number of amides is 1. The lowest BCUT2D eigenvalue weighted by Crippen LogP contribution is -2.53. The summed E-state index contributed by atoms with van der Waals surface area (Å²) < 4.78 is 0. The highest BCUT2D eigenvalue weighted by molar-refractivity contribution is 6.38. The van der Waals surface area contributed by atoms with Crippen molar-refractivity contribution in [3.05, 3.63) is 47.2 Å². The minimum Gasteiger partial charge on any atom is -0.346 e. The molecule has 3 aromatic rings. The molecule has 1 atom stereocenters. The first-order valence-corrected chi connectivity index (χ1v) is 10.7. The zero-order valence-electron chi connectivity index (χ0n) is 16.8. The molecule has 1 aliphatic heterocycles. The molecule has 6 nitrogen and oxygen atoms in total. The van der Waals surface area contributed by atoms with Crippen molar-refractivity contribution in [2.45, 2.75) is 31.7 Å². The Labute approximate surface area is 179 Å². The van der Waals surface area contributed by atoms with Crippen LogP contribution in [0.15, 0.2) is 36.7 Å². The highest BCUT2D eigenvalue weighted by Crippen LogP contribution is 2.46. The fourth-order valence-corrected chi connectivity index (χ4v) is 4.59. The number of carbonyl (C=O) groups is 2. The number of hydrogen-bond donors (Lipinski definition) is 1. The molecule has 2 aliphatic rings. The molecular weight excluding hydrogens is 400 g/mol. The lowest BCUT2D eigenvalue weighted by atomic mass is 10.0. The Balaban J connectivity index is 1.47. The lowest BCUT2D eigenvalue weighted by Gasteiger charge is -2.36. The van der Waals surface area contributed by atoms with Gasteiger partial charge in [-0.2, -0.15) is 0 Å². The van der Waals surface area contributed by atoms with Crippen LogP contribution in [-0.4, -0.2) is 52.7 Å². The fourth-order valence-electron chi connectivity index (χ4n) is 4.24. The molecule has 1 aliphatic carbocycles. The van der Waals surface area contributed by atoms with E-state index in [2.05, 4.69) is 9.97 Å². The van der Waals surface area contributed by atoms with Gasteiger partial charge in [0.05, 0.1) is 17.6 Å². The molecular formula is C23H23ClN4O2. The number of benzene rings is 1. The van der Waals surface area contributed by atoms with Crippen molar-refractivity contribution in [3.8, 4) is 11.1 Å². The molecule has 2 aromatic heterocycles. The van der Waals surface area contributed by atoms with Gasteiger partial charge >= 0.3 is 0 Å². The predicted molar refractivity (Wildman–Crippen MR) is 118 cm³/mol. The summed E-state index contributed by atoms with van der Waals surface area (Å²) in [7, 11) is 0. The summed E-state index contributed by atoms with van der Waals surface area (Å²) in [5, 5.41) is 1.71. The van der Waals surface area contributed by atoms with Crippen LogP contribution in [0.4, 0.5) is 5.69 Å². The van der Waals surface area contributed by atoms with Gasteiger partial charge in [-0.3, -0.25) is 9.69 Å². The number of aldehydes is 1. The van der Waals surface area contributed by atoms with Crippen LogP contribution >= 0.6 is 11.6 Å². The van der Waals surface area contributed by atoms with Crippen molar-refractivity contribution in [1.82, 2.24) is 14.9 Å². The Kier molecular flexibility index (Phi) is 4.83. The van der Waals surface area contributed by atoms with Crippen LogP contribution in [-0.2, 0) is 9.59 Å². The molecule has 2 fully saturated rings. The number of aromatic nitrogens is 2. The third-order valence-electron chi connectivity index (χ3n) is 6.18.